The third-order valence-electron chi connectivity index (χ3n) is 4.14. The molecule has 1 fully saturated rings. The number of nitrogens with zero attached hydrogens (tertiary/aromatic N) is 1. The lowest BCUT2D eigenvalue weighted by molar-refractivity contribution is 0.0667. The Kier molecular flexibility index (Phi) is 4.45. The highest BCUT2D eigenvalue weighted by Crippen LogP contribution is 2.31. The van der Waals surface area contributed by atoms with E-state index >= 15 is 0 Å². The Morgan fingerprint density at radius 1 is 1.32 bits per heavy atom. The predicted molar refractivity (Wildman–Crippen MR) is 86.1 cm³/mol. The zero-order valence-corrected chi connectivity index (χ0v) is 13.0. The van der Waals surface area contributed by atoms with Gasteiger partial charge in [0.15, 0.2) is 0 Å². The summed E-state index contributed by atoms with van der Waals surface area (Å²) in [5, 5.41) is 22.1. The molecule has 1 aromatic heterocycles. The van der Waals surface area contributed by atoms with Gasteiger partial charge < -0.3 is 15.1 Å². The molecule has 1 aromatic carbocycles. The van der Waals surface area contributed by atoms with Crippen molar-refractivity contribution in [3.8, 4) is 5.75 Å². The Labute approximate surface area is 133 Å². The second kappa shape index (κ2) is 6.50. The first-order chi connectivity index (χ1) is 10.7. The van der Waals surface area contributed by atoms with Crippen molar-refractivity contribution >= 4 is 17.2 Å². The monoisotopic (exact) mass is 317 g/mol. The molecule has 3 rings (SSSR count). The number of likely N-dealkylation sites (tertiary alicyclic amines) is 1. The molecule has 2 unspecified atom stereocenters. The van der Waals surface area contributed by atoms with Crippen LogP contribution in [0.3, 0.4) is 0 Å². The maximum Gasteiger partial charge on any atom is 0.257 e. The molecule has 116 valence electrons. The van der Waals surface area contributed by atoms with Crippen molar-refractivity contribution in [3.05, 3.63) is 52.2 Å². The van der Waals surface area contributed by atoms with Gasteiger partial charge >= 0.3 is 0 Å². The Balaban J connectivity index is 1.73. The second-order valence-electron chi connectivity index (χ2n) is 5.58. The van der Waals surface area contributed by atoms with Crippen molar-refractivity contribution in [2.75, 3.05) is 6.54 Å². The van der Waals surface area contributed by atoms with Crippen molar-refractivity contribution in [2.24, 2.45) is 0 Å². The fraction of sp³-hybridized carbons (Fsp3) is 0.353. The maximum absolute atomic E-state index is 12.6. The number of carbonyl (C=O) groups is 1. The molecule has 0 saturated carbocycles. The van der Waals surface area contributed by atoms with E-state index in [1.54, 1.807) is 23.1 Å². The predicted octanol–water partition coefficient (Wildman–Crippen LogP) is 3.18. The van der Waals surface area contributed by atoms with Gasteiger partial charge in [-0.15, -0.1) is 11.3 Å². The molecular weight excluding hydrogens is 298 g/mol. The van der Waals surface area contributed by atoms with Gasteiger partial charge in [-0.1, -0.05) is 18.2 Å². The summed E-state index contributed by atoms with van der Waals surface area (Å²) in [5.41, 5.74) is 0.333. The first kappa shape index (κ1) is 15.1. The van der Waals surface area contributed by atoms with Gasteiger partial charge in [0.25, 0.3) is 5.91 Å². The molecule has 0 radical (unpaired) electrons. The number of aromatic hydroxyl groups is 1. The number of thiophene rings is 1. The van der Waals surface area contributed by atoms with Crippen LogP contribution in [0.1, 0.15) is 40.6 Å². The number of aliphatic hydroxyl groups is 1. The lowest BCUT2D eigenvalue weighted by atomic mass is 10.0. The number of aliphatic hydroxyl groups excluding tert-OH is 1. The van der Waals surface area contributed by atoms with Crippen LogP contribution in [0.5, 0.6) is 5.75 Å². The van der Waals surface area contributed by atoms with E-state index in [-0.39, 0.29) is 17.7 Å². The van der Waals surface area contributed by atoms with Gasteiger partial charge in [-0.25, -0.2) is 0 Å². The zero-order chi connectivity index (χ0) is 15.5. The van der Waals surface area contributed by atoms with E-state index < -0.39 is 6.10 Å². The number of amides is 1. The van der Waals surface area contributed by atoms with E-state index in [2.05, 4.69) is 0 Å². The lowest BCUT2D eigenvalue weighted by Crippen LogP contribution is -2.36. The van der Waals surface area contributed by atoms with Gasteiger partial charge in [0, 0.05) is 17.5 Å². The van der Waals surface area contributed by atoms with E-state index in [0.717, 1.165) is 17.7 Å². The van der Waals surface area contributed by atoms with Gasteiger partial charge in [-0.2, -0.15) is 0 Å². The molecule has 1 aliphatic heterocycles. The lowest BCUT2D eigenvalue weighted by Gasteiger charge is -2.26. The van der Waals surface area contributed by atoms with Crippen LogP contribution in [-0.4, -0.2) is 33.6 Å². The van der Waals surface area contributed by atoms with Crippen molar-refractivity contribution in [2.45, 2.75) is 31.4 Å². The molecule has 1 saturated heterocycles. The van der Waals surface area contributed by atoms with Gasteiger partial charge in [0.2, 0.25) is 0 Å². The van der Waals surface area contributed by atoms with E-state index in [9.17, 15) is 15.0 Å². The molecule has 2 atom stereocenters. The SMILES string of the molecule is O=C(c1ccccc1O)N1CCCC1CC(O)c1cccs1. The molecule has 4 nitrogen and oxygen atoms in total. The highest BCUT2D eigenvalue weighted by Gasteiger charge is 2.32. The van der Waals surface area contributed by atoms with E-state index in [0.29, 0.717) is 18.5 Å². The van der Waals surface area contributed by atoms with Crippen LogP contribution in [0.15, 0.2) is 41.8 Å². The number of hydrogen-bond acceptors (Lipinski definition) is 4. The van der Waals surface area contributed by atoms with Gasteiger partial charge in [-0.3, -0.25) is 4.79 Å². The Bertz CT molecular complexity index is 641. The molecule has 5 heteroatoms. The summed E-state index contributed by atoms with van der Waals surface area (Å²) in [6, 6.07) is 10.5. The normalized spacial score (nSPS) is 19.3. The van der Waals surface area contributed by atoms with Crippen molar-refractivity contribution in [3.63, 3.8) is 0 Å². The molecule has 2 heterocycles. The summed E-state index contributed by atoms with van der Waals surface area (Å²) in [5.74, 6) is -0.143. The topological polar surface area (TPSA) is 60.8 Å². The maximum atomic E-state index is 12.6. The zero-order valence-electron chi connectivity index (χ0n) is 12.2. The summed E-state index contributed by atoms with van der Waals surface area (Å²) in [7, 11) is 0. The third kappa shape index (κ3) is 3.00. The van der Waals surface area contributed by atoms with Gasteiger partial charge in [-0.05, 0) is 42.8 Å². The summed E-state index contributed by atoms with van der Waals surface area (Å²) in [4.78, 5) is 15.3. The number of benzene rings is 1. The van der Waals surface area contributed by atoms with Crippen LogP contribution < -0.4 is 0 Å². The van der Waals surface area contributed by atoms with Gasteiger partial charge in [0.05, 0.1) is 11.7 Å². The van der Waals surface area contributed by atoms with Gasteiger partial charge in [0.1, 0.15) is 5.75 Å². The van der Waals surface area contributed by atoms with Crippen LogP contribution in [-0.2, 0) is 0 Å². The van der Waals surface area contributed by atoms with E-state index in [1.165, 1.54) is 17.4 Å². The Morgan fingerprint density at radius 2 is 2.14 bits per heavy atom. The number of para-hydroxylation sites is 1. The van der Waals surface area contributed by atoms with E-state index in [4.69, 9.17) is 0 Å². The Hall–Kier alpha value is -1.85. The van der Waals surface area contributed by atoms with E-state index in [1.807, 2.05) is 17.5 Å². The average Bonchev–Trinajstić information content (AvgIpc) is 3.18. The molecular formula is C17H19NO3S. The number of phenols is 1. The fourth-order valence-electron chi connectivity index (χ4n) is 3.01. The molecule has 22 heavy (non-hydrogen) atoms. The minimum Gasteiger partial charge on any atom is -0.507 e. The summed E-state index contributed by atoms with van der Waals surface area (Å²) in [6.07, 6.45) is 1.82. The molecule has 0 aliphatic carbocycles. The largest absolute Gasteiger partial charge is 0.507 e. The van der Waals surface area contributed by atoms with Crippen molar-refractivity contribution < 1.29 is 15.0 Å². The molecule has 1 amide bonds. The van der Waals surface area contributed by atoms with Crippen LogP contribution in [0.2, 0.25) is 0 Å². The fourth-order valence-corrected chi connectivity index (χ4v) is 3.74. The van der Waals surface area contributed by atoms with Crippen LogP contribution >= 0.6 is 11.3 Å². The molecule has 0 bridgehead atoms. The van der Waals surface area contributed by atoms with Crippen LogP contribution in [0.25, 0.3) is 0 Å². The summed E-state index contributed by atoms with van der Waals surface area (Å²) >= 11 is 1.53. The smallest absolute Gasteiger partial charge is 0.257 e. The highest BCUT2D eigenvalue weighted by molar-refractivity contribution is 7.10. The number of hydrogen-bond donors (Lipinski definition) is 2. The first-order valence-corrected chi connectivity index (χ1v) is 8.35. The number of phenolic OH excluding ortho intramolecular Hbond substituents is 1. The Morgan fingerprint density at radius 3 is 2.86 bits per heavy atom. The minimum absolute atomic E-state index is 0.0111. The number of rotatable bonds is 4. The van der Waals surface area contributed by atoms with Crippen molar-refractivity contribution in [1.29, 1.82) is 0 Å². The standard InChI is InChI=1S/C17H19NO3S/c19-14-7-2-1-6-13(14)17(21)18-9-3-5-12(18)11-15(20)16-8-4-10-22-16/h1-2,4,6-8,10,12,15,19-20H,3,5,9,11H2. The second-order valence-corrected chi connectivity index (χ2v) is 6.56. The number of carbonyl (C=O) groups excluding carboxylic acids is 1. The molecule has 2 aromatic rings. The summed E-state index contributed by atoms with van der Waals surface area (Å²) in [6.45, 7) is 0.676. The highest BCUT2D eigenvalue weighted by atomic mass is 32.1. The van der Waals surface area contributed by atoms with Crippen LogP contribution in [0, 0.1) is 0 Å². The molecule has 1 aliphatic rings. The average molecular weight is 317 g/mol. The minimum atomic E-state index is -0.539. The first-order valence-electron chi connectivity index (χ1n) is 7.47. The van der Waals surface area contributed by atoms with Crippen molar-refractivity contribution in [1.82, 2.24) is 4.90 Å². The van der Waals surface area contributed by atoms with Crippen LogP contribution in [0.4, 0.5) is 0 Å². The third-order valence-corrected chi connectivity index (χ3v) is 5.11. The summed E-state index contributed by atoms with van der Waals surface area (Å²) < 4.78 is 0. The molecule has 0 spiro atoms. The molecule has 2 N–H and O–H groups in total. The quantitative estimate of drug-likeness (QED) is 0.910.